The Morgan fingerprint density at radius 3 is 2.81 bits per heavy atom. The second-order valence-electron chi connectivity index (χ2n) is 6.49. The van der Waals surface area contributed by atoms with Gasteiger partial charge in [-0.2, -0.15) is 0 Å². The highest BCUT2D eigenvalue weighted by Crippen LogP contribution is 2.37. The second kappa shape index (κ2) is 7.32. The molecule has 1 aromatic heterocycles. The van der Waals surface area contributed by atoms with Gasteiger partial charge in [0.2, 0.25) is 0 Å². The zero-order valence-electron chi connectivity index (χ0n) is 14.5. The minimum absolute atomic E-state index is 0.0481. The summed E-state index contributed by atoms with van der Waals surface area (Å²) in [6, 6.07) is 12.6. The van der Waals surface area contributed by atoms with Crippen molar-refractivity contribution in [3.05, 3.63) is 77.5 Å². The number of aromatic nitrogens is 1. The summed E-state index contributed by atoms with van der Waals surface area (Å²) < 4.78 is 33.2. The van der Waals surface area contributed by atoms with Crippen LogP contribution in [-0.4, -0.2) is 28.1 Å². The number of hydrogen-bond acceptors (Lipinski definition) is 4. The molecule has 0 aliphatic carbocycles. The van der Waals surface area contributed by atoms with Crippen LogP contribution >= 0.6 is 0 Å². The smallest absolute Gasteiger partial charge is 0.165 e. The molecule has 1 aliphatic rings. The molecule has 0 spiro atoms. The molecule has 138 valence electrons. The van der Waals surface area contributed by atoms with Crippen LogP contribution in [-0.2, 0) is 13.1 Å². The highest BCUT2D eigenvalue weighted by molar-refractivity contribution is 5.66. The van der Waals surface area contributed by atoms with E-state index in [9.17, 15) is 13.9 Å². The lowest BCUT2D eigenvalue weighted by Crippen LogP contribution is -2.25. The maximum absolute atomic E-state index is 14.0. The molecule has 4 nitrogen and oxygen atoms in total. The number of benzene rings is 2. The third-order valence-corrected chi connectivity index (χ3v) is 4.56. The van der Waals surface area contributed by atoms with E-state index in [1.165, 1.54) is 6.07 Å². The topological polar surface area (TPSA) is 45.6 Å². The molecule has 0 radical (unpaired) electrons. The molecule has 0 bridgehead atoms. The lowest BCUT2D eigenvalue weighted by molar-refractivity contribution is 0.215. The molecular formula is C21H18F2N2O2. The molecule has 0 atom stereocenters. The van der Waals surface area contributed by atoms with Crippen molar-refractivity contribution in [1.29, 1.82) is 0 Å². The summed E-state index contributed by atoms with van der Waals surface area (Å²) in [5.41, 5.74) is 2.59. The van der Waals surface area contributed by atoms with Gasteiger partial charge in [0.15, 0.2) is 11.5 Å². The highest BCUT2D eigenvalue weighted by atomic mass is 19.1. The van der Waals surface area contributed by atoms with Crippen LogP contribution in [0.25, 0.3) is 11.3 Å². The molecule has 0 amide bonds. The number of phenols is 1. The normalized spacial score (nSPS) is 14.3. The van der Waals surface area contributed by atoms with Gasteiger partial charge in [0, 0.05) is 42.5 Å². The number of aromatic hydroxyl groups is 1. The van der Waals surface area contributed by atoms with Crippen molar-refractivity contribution in [2.45, 2.75) is 13.1 Å². The monoisotopic (exact) mass is 368 g/mol. The predicted molar refractivity (Wildman–Crippen MR) is 97.3 cm³/mol. The fourth-order valence-electron chi connectivity index (χ4n) is 3.27. The standard InChI is InChI=1S/C21H18F2N2O2/c22-17-4-5-18(23)15(10-17)12-25-7-8-27-21-16(13-25)9-14(11-20(21)26)19-3-1-2-6-24-19/h1-6,9-11,26H,7-8,12-13H2. The number of nitrogens with zero attached hydrogens (tertiary/aromatic N) is 2. The van der Waals surface area contributed by atoms with Crippen LogP contribution in [0.3, 0.4) is 0 Å². The SMILES string of the molecule is Oc1cc(-c2ccccn2)cc2c1OCCN(Cc1cc(F)ccc1F)C2. The molecule has 0 fully saturated rings. The summed E-state index contributed by atoms with van der Waals surface area (Å²) in [5, 5.41) is 10.4. The maximum Gasteiger partial charge on any atom is 0.165 e. The average molecular weight is 368 g/mol. The van der Waals surface area contributed by atoms with Crippen molar-refractivity contribution in [3.8, 4) is 22.8 Å². The van der Waals surface area contributed by atoms with Gasteiger partial charge in [-0.1, -0.05) is 6.07 Å². The summed E-state index contributed by atoms with van der Waals surface area (Å²) in [7, 11) is 0. The van der Waals surface area contributed by atoms with Gasteiger partial charge in [0.1, 0.15) is 18.2 Å². The first-order valence-corrected chi connectivity index (χ1v) is 8.66. The Hall–Kier alpha value is -2.99. The van der Waals surface area contributed by atoms with E-state index >= 15 is 0 Å². The molecule has 0 saturated heterocycles. The molecule has 2 heterocycles. The highest BCUT2D eigenvalue weighted by Gasteiger charge is 2.21. The maximum atomic E-state index is 14.0. The fraction of sp³-hybridized carbons (Fsp3) is 0.190. The number of phenolic OH excluding ortho intramolecular Hbond substituents is 1. The van der Waals surface area contributed by atoms with Crippen molar-refractivity contribution in [2.24, 2.45) is 0 Å². The number of rotatable bonds is 3. The fourth-order valence-corrected chi connectivity index (χ4v) is 3.27. The van der Waals surface area contributed by atoms with Gasteiger partial charge in [0.05, 0.1) is 5.69 Å². The van der Waals surface area contributed by atoms with E-state index in [0.29, 0.717) is 31.0 Å². The van der Waals surface area contributed by atoms with Crippen LogP contribution in [0, 0.1) is 11.6 Å². The molecule has 27 heavy (non-hydrogen) atoms. The molecular weight excluding hydrogens is 350 g/mol. The van der Waals surface area contributed by atoms with E-state index < -0.39 is 11.6 Å². The molecule has 2 aromatic carbocycles. The van der Waals surface area contributed by atoms with Crippen LogP contribution in [0.15, 0.2) is 54.7 Å². The zero-order chi connectivity index (χ0) is 18.8. The van der Waals surface area contributed by atoms with Crippen LogP contribution in [0.4, 0.5) is 8.78 Å². The number of fused-ring (bicyclic) bond motifs is 1. The number of ether oxygens (including phenoxy) is 1. The van der Waals surface area contributed by atoms with E-state index in [1.54, 1.807) is 12.3 Å². The molecule has 1 N–H and O–H groups in total. The number of hydrogen-bond donors (Lipinski definition) is 1. The zero-order valence-corrected chi connectivity index (χ0v) is 14.5. The van der Waals surface area contributed by atoms with Gasteiger partial charge in [-0.15, -0.1) is 0 Å². The Morgan fingerprint density at radius 2 is 2.00 bits per heavy atom. The van der Waals surface area contributed by atoms with Crippen LogP contribution in [0.1, 0.15) is 11.1 Å². The Bertz CT molecular complexity index is 964. The van der Waals surface area contributed by atoms with Crippen molar-refractivity contribution >= 4 is 0 Å². The third kappa shape index (κ3) is 3.75. The Balaban J connectivity index is 1.65. The molecule has 0 saturated carbocycles. The summed E-state index contributed by atoms with van der Waals surface area (Å²) in [6.07, 6.45) is 1.69. The van der Waals surface area contributed by atoms with Gasteiger partial charge in [-0.05, 0) is 42.5 Å². The molecule has 4 rings (SSSR count). The molecule has 0 unspecified atom stereocenters. The van der Waals surface area contributed by atoms with Crippen molar-refractivity contribution < 1.29 is 18.6 Å². The molecule has 1 aliphatic heterocycles. The van der Waals surface area contributed by atoms with Crippen molar-refractivity contribution in [1.82, 2.24) is 9.88 Å². The van der Waals surface area contributed by atoms with E-state index in [0.717, 1.165) is 29.0 Å². The minimum atomic E-state index is -0.465. The minimum Gasteiger partial charge on any atom is -0.504 e. The first kappa shape index (κ1) is 17.4. The second-order valence-corrected chi connectivity index (χ2v) is 6.49. The Kier molecular flexibility index (Phi) is 4.73. The van der Waals surface area contributed by atoms with Gasteiger partial charge >= 0.3 is 0 Å². The van der Waals surface area contributed by atoms with Gasteiger partial charge in [-0.25, -0.2) is 8.78 Å². The first-order chi connectivity index (χ1) is 13.1. The van der Waals surface area contributed by atoms with Crippen LogP contribution in [0.2, 0.25) is 0 Å². The van der Waals surface area contributed by atoms with Crippen molar-refractivity contribution in [3.63, 3.8) is 0 Å². The summed E-state index contributed by atoms with van der Waals surface area (Å²) in [5.74, 6) is -0.427. The van der Waals surface area contributed by atoms with Gasteiger partial charge in [0.25, 0.3) is 0 Å². The number of pyridine rings is 1. The van der Waals surface area contributed by atoms with E-state index in [1.807, 2.05) is 29.2 Å². The summed E-state index contributed by atoms with van der Waals surface area (Å²) in [6.45, 7) is 1.57. The van der Waals surface area contributed by atoms with E-state index in [-0.39, 0.29) is 12.3 Å². The summed E-state index contributed by atoms with van der Waals surface area (Å²) >= 11 is 0. The molecule has 6 heteroatoms. The van der Waals surface area contributed by atoms with Crippen LogP contribution < -0.4 is 4.74 Å². The first-order valence-electron chi connectivity index (χ1n) is 8.66. The predicted octanol–water partition coefficient (Wildman–Crippen LogP) is 4.13. The quantitative estimate of drug-likeness (QED) is 0.755. The lowest BCUT2D eigenvalue weighted by atomic mass is 10.0. The third-order valence-electron chi connectivity index (χ3n) is 4.56. The van der Waals surface area contributed by atoms with Gasteiger partial charge in [-0.3, -0.25) is 9.88 Å². The largest absolute Gasteiger partial charge is 0.504 e. The lowest BCUT2D eigenvalue weighted by Gasteiger charge is -2.20. The van der Waals surface area contributed by atoms with Gasteiger partial charge < -0.3 is 9.84 Å². The van der Waals surface area contributed by atoms with E-state index in [4.69, 9.17) is 4.74 Å². The molecule has 3 aromatic rings. The van der Waals surface area contributed by atoms with Crippen molar-refractivity contribution in [2.75, 3.05) is 13.2 Å². The van der Waals surface area contributed by atoms with Crippen LogP contribution in [0.5, 0.6) is 11.5 Å². The number of halogens is 2. The Labute approximate surface area is 155 Å². The average Bonchev–Trinajstić information content (AvgIpc) is 2.87. The van der Waals surface area contributed by atoms with E-state index in [2.05, 4.69) is 4.98 Å². The summed E-state index contributed by atoms with van der Waals surface area (Å²) in [4.78, 5) is 6.28. The Morgan fingerprint density at radius 1 is 1.11 bits per heavy atom.